The number of halogens is 2. The predicted molar refractivity (Wildman–Crippen MR) is 135 cm³/mol. The first-order valence-corrected chi connectivity index (χ1v) is 11.9. The minimum atomic E-state index is -0.385. The SMILES string of the molecule is Cc1ccc(NC(=O)c2sc3nc(CN(C)Cc4c(F)cccc4Cl)[nH]c(=O)c3c2C)c(C)c1. The second kappa shape index (κ2) is 9.66. The van der Waals surface area contributed by atoms with Crippen molar-refractivity contribution >= 4 is 44.7 Å². The van der Waals surface area contributed by atoms with E-state index in [0.717, 1.165) is 16.8 Å². The van der Waals surface area contributed by atoms with Crippen molar-refractivity contribution < 1.29 is 9.18 Å². The minimum absolute atomic E-state index is 0.250. The molecule has 6 nitrogen and oxygen atoms in total. The number of thiophene rings is 1. The zero-order valence-corrected chi connectivity index (χ0v) is 20.8. The standard InChI is InChI=1S/C25H24ClFN4O2S/c1-13-8-9-19(14(2)10-13)28-24(33)22-15(3)21-23(32)29-20(30-25(21)34-22)12-31(4)11-16-17(26)6-5-7-18(16)27/h5-10H,11-12H2,1-4H3,(H,28,33)(H,29,30,32). The van der Waals surface area contributed by atoms with Crippen LogP contribution in [0.15, 0.2) is 41.2 Å². The van der Waals surface area contributed by atoms with Crippen LogP contribution in [0.2, 0.25) is 5.02 Å². The highest BCUT2D eigenvalue weighted by atomic mass is 35.5. The number of hydrogen-bond acceptors (Lipinski definition) is 5. The van der Waals surface area contributed by atoms with Crippen molar-refractivity contribution in [2.45, 2.75) is 33.9 Å². The summed E-state index contributed by atoms with van der Waals surface area (Å²) in [6, 6.07) is 10.4. The number of rotatable bonds is 6. The van der Waals surface area contributed by atoms with Gasteiger partial charge in [0.1, 0.15) is 16.5 Å². The van der Waals surface area contributed by atoms with E-state index in [1.807, 2.05) is 36.9 Å². The van der Waals surface area contributed by atoms with E-state index in [-0.39, 0.29) is 30.4 Å². The second-order valence-corrected chi connectivity index (χ2v) is 9.80. The smallest absolute Gasteiger partial charge is 0.266 e. The summed E-state index contributed by atoms with van der Waals surface area (Å²) >= 11 is 7.31. The van der Waals surface area contributed by atoms with Gasteiger partial charge >= 0.3 is 0 Å². The van der Waals surface area contributed by atoms with Crippen molar-refractivity contribution in [2.75, 3.05) is 12.4 Å². The molecular formula is C25H24ClFN4O2S. The van der Waals surface area contributed by atoms with E-state index >= 15 is 0 Å². The first-order chi connectivity index (χ1) is 16.1. The van der Waals surface area contributed by atoms with Gasteiger partial charge in [0.25, 0.3) is 11.5 Å². The van der Waals surface area contributed by atoms with Crippen LogP contribution in [0.3, 0.4) is 0 Å². The Morgan fingerprint density at radius 3 is 2.68 bits per heavy atom. The van der Waals surface area contributed by atoms with Gasteiger partial charge in [-0.15, -0.1) is 11.3 Å². The Morgan fingerprint density at radius 2 is 1.97 bits per heavy atom. The van der Waals surface area contributed by atoms with Crippen molar-refractivity contribution in [1.29, 1.82) is 0 Å². The molecule has 1 amide bonds. The molecule has 0 aliphatic carbocycles. The molecule has 9 heteroatoms. The lowest BCUT2D eigenvalue weighted by atomic mass is 10.1. The summed E-state index contributed by atoms with van der Waals surface area (Å²) in [7, 11) is 1.79. The normalized spacial score (nSPS) is 11.4. The number of carbonyl (C=O) groups excluding carboxylic acids is 1. The summed E-state index contributed by atoms with van der Waals surface area (Å²) in [5, 5.41) is 3.68. The number of nitrogens with zero attached hydrogens (tertiary/aromatic N) is 2. The van der Waals surface area contributed by atoms with E-state index < -0.39 is 0 Å². The van der Waals surface area contributed by atoms with Crippen molar-refractivity contribution in [3.05, 3.63) is 90.5 Å². The molecule has 2 N–H and O–H groups in total. The van der Waals surface area contributed by atoms with E-state index in [2.05, 4.69) is 15.3 Å². The van der Waals surface area contributed by atoms with Gasteiger partial charge in [-0.2, -0.15) is 0 Å². The summed E-state index contributed by atoms with van der Waals surface area (Å²) in [6.45, 7) is 6.20. The van der Waals surface area contributed by atoms with Gasteiger partial charge in [-0.25, -0.2) is 9.37 Å². The Hall–Kier alpha value is -3.07. The molecule has 0 aliphatic rings. The lowest BCUT2D eigenvalue weighted by molar-refractivity contribution is 0.103. The molecule has 34 heavy (non-hydrogen) atoms. The van der Waals surface area contributed by atoms with Crippen LogP contribution in [0.1, 0.15) is 37.7 Å². The minimum Gasteiger partial charge on any atom is -0.321 e. The number of carbonyl (C=O) groups is 1. The Labute approximate surface area is 205 Å². The molecule has 0 saturated carbocycles. The molecular weight excluding hydrogens is 475 g/mol. The molecule has 2 aromatic heterocycles. The second-order valence-electron chi connectivity index (χ2n) is 8.39. The van der Waals surface area contributed by atoms with Crippen molar-refractivity contribution in [2.24, 2.45) is 0 Å². The van der Waals surface area contributed by atoms with Crippen LogP contribution in [0.25, 0.3) is 10.2 Å². The molecule has 0 fully saturated rings. The molecule has 0 unspecified atom stereocenters. The summed E-state index contributed by atoms with van der Waals surface area (Å²) in [5.41, 5.74) is 3.46. The molecule has 0 aliphatic heterocycles. The van der Waals surface area contributed by atoms with Gasteiger partial charge in [0.2, 0.25) is 0 Å². The summed E-state index contributed by atoms with van der Waals surface area (Å²) < 4.78 is 14.1. The third kappa shape index (κ3) is 4.89. The molecule has 0 radical (unpaired) electrons. The van der Waals surface area contributed by atoms with Crippen LogP contribution in [0.5, 0.6) is 0 Å². The lowest BCUT2D eigenvalue weighted by Crippen LogP contribution is -2.22. The van der Waals surface area contributed by atoms with E-state index in [1.165, 1.54) is 17.4 Å². The number of H-pyrrole nitrogens is 1. The zero-order valence-electron chi connectivity index (χ0n) is 19.3. The van der Waals surface area contributed by atoms with Crippen LogP contribution >= 0.6 is 22.9 Å². The molecule has 2 heterocycles. The van der Waals surface area contributed by atoms with Gasteiger partial charge in [-0.1, -0.05) is 35.4 Å². The van der Waals surface area contributed by atoms with Crippen LogP contribution in [0.4, 0.5) is 10.1 Å². The Balaban J connectivity index is 1.59. The lowest BCUT2D eigenvalue weighted by Gasteiger charge is -2.17. The molecule has 176 valence electrons. The number of aromatic nitrogens is 2. The third-order valence-electron chi connectivity index (χ3n) is 5.60. The van der Waals surface area contributed by atoms with Gasteiger partial charge < -0.3 is 10.3 Å². The van der Waals surface area contributed by atoms with Crippen LogP contribution < -0.4 is 10.9 Å². The number of amides is 1. The first-order valence-electron chi connectivity index (χ1n) is 10.7. The summed E-state index contributed by atoms with van der Waals surface area (Å²) in [4.78, 5) is 35.9. The van der Waals surface area contributed by atoms with E-state index in [9.17, 15) is 14.0 Å². The van der Waals surface area contributed by atoms with Gasteiger partial charge in [0.05, 0.1) is 16.8 Å². The number of hydrogen-bond donors (Lipinski definition) is 2. The quantitative estimate of drug-likeness (QED) is 0.363. The number of nitrogens with one attached hydrogen (secondary N) is 2. The molecule has 4 rings (SSSR count). The van der Waals surface area contributed by atoms with Crippen LogP contribution in [0, 0.1) is 26.6 Å². The van der Waals surface area contributed by atoms with Crippen molar-refractivity contribution in [3.8, 4) is 0 Å². The fraction of sp³-hybridized carbons (Fsp3) is 0.240. The number of aromatic amines is 1. The average molecular weight is 499 g/mol. The van der Waals surface area contributed by atoms with Crippen molar-refractivity contribution in [3.63, 3.8) is 0 Å². The topological polar surface area (TPSA) is 78.1 Å². The maximum Gasteiger partial charge on any atom is 0.266 e. The van der Waals surface area contributed by atoms with Crippen LogP contribution in [-0.2, 0) is 13.1 Å². The largest absolute Gasteiger partial charge is 0.321 e. The Bertz CT molecular complexity index is 1440. The third-order valence-corrected chi connectivity index (χ3v) is 7.13. The number of anilines is 1. The Kier molecular flexibility index (Phi) is 6.84. The molecule has 0 atom stereocenters. The van der Waals surface area contributed by atoms with E-state index in [0.29, 0.717) is 37.1 Å². The fourth-order valence-electron chi connectivity index (χ4n) is 3.88. The number of aryl methyl sites for hydroxylation is 3. The molecule has 0 saturated heterocycles. The van der Waals surface area contributed by atoms with Gasteiger partial charge in [-0.3, -0.25) is 14.5 Å². The molecule has 0 spiro atoms. The molecule has 2 aromatic carbocycles. The summed E-state index contributed by atoms with van der Waals surface area (Å²) in [6.07, 6.45) is 0. The number of fused-ring (bicyclic) bond motifs is 1. The maximum atomic E-state index is 14.1. The van der Waals surface area contributed by atoms with Gasteiger partial charge in [-0.05, 0) is 57.1 Å². The first kappa shape index (κ1) is 24.1. The fourth-order valence-corrected chi connectivity index (χ4v) is 5.20. The van der Waals surface area contributed by atoms with Gasteiger partial charge in [0.15, 0.2) is 0 Å². The monoisotopic (exact) mass is 498 g/mol. The van der Waals surface area contributed by atoms with Crippen molar-refractivity contribution in [1.82, 2.24) is 14.9 Å². The number of benzene rings is 2. The highest BCUT2D eigenvalue weighted by Crippen LogP contribution is 2.29. The summed E-state index contributed by atoms with van der Waals surface area (Å²) in [5.74, 6) is -0.237. The zero-order chi connectivity index (χ0) is 24.6. The molecule has 4 aromatic rings. The predicted octanol–water partition coefficient (Wildman–Crippen LogP) is 5.59. The van der Waals surface area contributed by atoms with E-state index in [4.69, 9.17) is 11.6 Å². The molecule has 0 bridgehead atoms. The maximum absolute atomic E-state index is 14.1. The van der Waals surface area contributed by atoms with Gasteiger partial charge in [0, 0.05) is 22.8 Å². The van der Waals surface area contributed by atoms with Crippen LogP contribution in [-0.4, -0.2) is 27.8 Å². The van der Waals surface area contributed by atoms with E-state index in [1.54, 1.807) is 26.1 Å². The highest BCUT2D eigenvalue weighted by molar-refractivity contribution is 7.20. The Morgan fingerprint density at radius 1 is 1.21 bits per heavy atom. The highest BCUT2D eigenvalue weighted by Gasteiger charge is 2.20. The average Bonchev–Trinajstić information content (AvgIpc) is 3.09.